The van der Waals surface area contributed by atoms with Crippen molar-refractivity contribution < 1.29 is 9.18 Å². The first-order chi connectivity index (χ1) is 12.6. The van der Waals surface area contributed by atoms with E-state index in [-0.39, 0.29) is 17.8 Å². The van der Waals surface area contributed by atoms with Crippen molar-refractivity contribution >= 4 is 17.2 Å². The van der Waals surface area contributed by atoms with Gasteiger partial charge in [0.1, 0.15) is 5.82 Å². The number of halogens is 1. The molecule has 0 aliphatic carbocycles. The van der Waals surface area contributed by atoms with E-state index in [0.717, 1.165) is 35.4 Å². The van der Waals surface area contributed by atoms with Gasteiger partial charge in [-0.3, -0.25) is 9.48 Å². The topological polar surface area (TPSA) is 38.1 Å². The highest BCUT2D eigenvalue weighted by atomic mass is 32.1. The van der Waals surface area contributed by atoms with Crippen molar-refractivity contribution in [3.63, 3.8) is 0 Å². The molecule has 1 aliphatic heterocycles. The number of benzene rings is 1. The molecular weight excluding hydrogens is 349 g/mol. The second-order valence-corrected chi connectivity index (χ2v) is 7.53. The number of amides is 1. The molecule has 134 valence electrons. The number of rotatable bonds is 3. The standard InChI is InChI=1S/C20H20FN3OS/c1-23-18(19-9-5-11-26-19)13-16(22-23)20(25)24-10-3-2-8-17(24)14-6-4-7-15(21)12-14/h4-7,9,11-13,17H,2-3,8,10H2,1H3. The molecule has 0 spiro atoms. The lowest BCUT2D eigenvalue weighted by Crippen LogP contribution is -2.38. The number of carbonyl (C=O) groups is 1. The first-order valence-corrected chi connectivity index (χ1v) is 9.66. The van der Waals surface area contributed by atoms with Gasteiger partial charge < -0.3 is 4.90 Å². The van der Waals surface area contributed by atoms with Crippen molar-refractivity contribution in [1.82, 2.24) is 14.7 Å². The summed E-state index contributed by atoms with van der Waals surface area (Å²) in [5.41, 5.74) is 2.23. The van der Waals surface area contributed by atoms with E-state index in [4.69, 9.17) is 0 Å². The van der Waals surface area contributed by atoms with Gasteiger partial charge >= 0.3 is 0 Å². The summed E-state index contributed by atoms with van der Waals surface area (Å²) in [6, 6.07) is 12.3. The van der Waals surface area contributed by atoms with Gasteiger partial charge in [-0.25, -0.2) is 4.39 Å². The Bertz CT molecular complexity index is 919. The predicted octanol–water partition coefficient (Wildman–Crippen LogP) is 4.66. The molecule has 2 aromatic heterocycles. The molecule has 1 atom stereocenters. The molecule has 1 amide bonds. The van der Waals surface area contributed by atoms with Crippen molar-refractivity contribution in [3.05, 3.63) is 64.9 Å². The third-order valence-corrected chi connectivity index (χ3v) is 5.76. The Morgan fingerprint density at radius 2 is 2.12 bits per heavy atom. The number of carbonyl (C=O) groups excluding carboxylic acids is 1. The second-order valence-electron chi connectivity index (χ2n) is 6.58. The van der Waals surface area contributed by atoms with Crippen LogP contribution >= 0.6 is 11.3 Å². The van der Waals surface area contributed by atoms with E-state index >= 15 is 0 Å². The quantitative estimate of drug-likeness (QED) is 0.674. The van der Waals surface area contributed by atoms with Crippen LogP contribution < -0.4 is 0 Å². The molecule has 1 aromatic carbocycles. The number of likely N-dealkylation sites (tertiary alicyclic amines) is 1. The van der Waals surface area contributed by atoms with Crippen molar-refractivity contribution in [2.75, 3.05) is 6.54 Å². The highest BCUT2D eigenvalue weighted by Gasteiger charge is 2.30. The molecule has 0 saturated carbocycles. The Morgan fingerprint density at radius 3 is 2.88 bits per heavy atom. The molecule has 1 fully saturated rings. The van der Waals surface area contributed by atoms with E-state index in [2.05, 4.69) is 5.10 Å². The highest BCUT2D eigenvalue weighted by molar-refractivity contribution is 7.13. The zero-order valence-electron chi connectivity index (χ0n) is 14.6. The summed E-state index contributed by atoms with van der Waals surface area (Å²) in [7, 11) is 1.85. The third kappa shape index (κ3) is 3.17. The molecule has 4 rings (SSSR count). The van der Waals surface area contributed by atoms with Gasteiger partial charge in [0.05, 0.1) is 16.6 Å². The number of aryl methyl sites for hydroxylation is 1. The molecular formula is C20H20FN3OS. The van der Waals surface area contributed by atoms with Gasteiger partial charge in [0.25, 0.3) is 5.91 Å². The van der Waals surface area contributed by atoms with Gasteiger partial charge in [-0.05, 0) is 54.5 Å². The Balaban J connectivity index is 1.65. The Labute approximate surface area is 155 Å². The molecule has 3 aromatic rings. The fourth-order valence-corrected chi connectivity index (χ4v) is 4.38. The minimum Gasteiger partial charge on any atom is -0.330 e. The van der Waals surface area contributed by atoms with Gasteiger partial charge in [0, 0.05) is 13.6 Å². The van der Waals surface area contributed by atoms with Crippen LogP contribution in [0, 0.1) is 5.82 Å². The van der Waals surface area contributed by atoms with Gasteiger partial charge in [-0.2, -0.15) is 5.10 Å². The summed E-state index contributed by atoms with van der Waals surface area (Å²) < 4.78 is 15.4. The van der Waals surface area contributed by atoms with Crippen LogP contribution in [0.4, 0.5) is 4.39 Å². The van der Waals surface area contributed by atoms with Crippen LogP contribution in [-0.4, -0.2) is 27.1 Å². The van der Waals surface area contributed by atoms with E-state index in [1.54, 1.807) is 22.1 Å². The molecule has 3 heterocycles. The van der Waals surface area contributed by atoms with E-state index in [1.165, 1.54) is 12.1 Å². The SMILES string of the molecule is Cn1nc(C(=O)N2CCCCC2c2cccc(F)c2)cc1-c1cccs1. The fraction of sp³-hybridized carbons (Fsp3) is 0.300. The number of hydrogen-bond acceptors (Lipinski definition) is 3. The molecule has 0 radical (unpaired) electrons. The molecule has 1 aliphatic rings. The lowest BCUT2D eigenvalue weighted by molar-refractivity contribution is 0.0604. The van der Waals surface area contributed by atoms with Crippen LogP contribution in [0.1, 0.15) is 41.4 Å². The predicted molar refractivity (Wildman–Crippen MR) is 101 cm³/mol. The Kier molecular flexibility index (Phi) is 4.59. The zero-order valence-corrected chi connectivity index (χ0v) is 15.4. The average molecular weight is 369 g/mol. The molecule has 4 nitrogen and oxygen atoms in total. The number of piperidine rings is 1. The normalized spacial score (nSPS) is 17.5. The second kappa shape index (κ2) is 7.03. The Morgan fingerprint density at radius 1 is 1.23 bits per heavy atom. The molecule has 6 heteroatoms. The van der Waals surface area contributed by atoms with Crippen LogP contribution in [-0.2, 0) is 7.05 Å². The van der Waals surface area contributed by atoms with E-state index < -0.39 is 0 Å². The van der Waals surface area contributed by atoms with Crippen LogP contribution in [0.15, 0.2) is 47.8 Å². The summed E-state index contributed by atoms with van der Waals surface area (Å²) in [4.78, 5) is 16.1. The minimum atomic E-state index is -0.265. The minimum absolute atomic E-state index is 0.0858. The maximum Gasteiger partial charge on any atom is 0.274 e. The van der Waals surface area contributed by atoms with E-state index in [1.807, 2.05) is 41.6 Å². The van der Waals surface area contributed by atoms with E-state index in [9.17, 15) is 9.18 Å². The maximum absolute atomic E-state index is 13.7. The van der Waals surface area contributed by atoms with Crippen LogP contribution in [0.25, 0.3) is 10.6 Å². The molecule has 1 unspecified atom stereocenters. The lowest BCUT2D eigenvalue weighted by atomic mass is 9.95. The lowest BCUT2D eigenvalue weighted by Gasteiger charge is -2.35. The Hall–Kier alpha value is -2.47. The smallest absolute Gasteiger partial charge is 0.274 e. The summed E-state index contributed by atoms with van der Waals surface area (Å²) in [6.07, 6.45) is 2.84. The first kappa shape index (κ1) is 17.0. The summed E-state index contributed by atoms with van der Waals surface area (Å²) >= 11 is 1.62. The number of nitrogens with zero attached hydrogens (tertiary/aromatic N) is 3. The highest BCUT2D eigenvalue weighted by Crippen LogP contribution is 2.33. The van der Waals surface area contributed by atoms with Gasteiger partial charge in [-0.15, -0.1) is 11.3 Å². The van der Waals surface area contributed by atoms with E-state index in [0.29, 0.717) is 12.2 Å². The summed E-state index contributed by atoms with van der Waals surface area (Å²) in [6.45, 7) is 0.672. The van der Waals surface area contributed by atoms with Crippen LogP contribution in [0.5, 0.6) is 0 Å². The number of hydrogen-bond donors (Lipinski definition) is 0. The molecule has 0 bridgehead atoms. The molecule has 0 N–H and O–H groups in total. The van der Waals surface area contributed by atoms with Crippen LogP contribution in [0.2, 0.25) is 0 Å². The van der Waals surface area contributed by atoms with Crippen molar-refractivity contribution in [2.45, 2.75) is 25.3 Å². The number of aromatic nitrogens is 2. The largest absolute Gasteiger partial charge is 0.330 e. The average Bonchev–Trinajstić information content (AvgIpc) is 3.30. The zero-order chi connectivity index (χ0) is 18.1. The number of thiophene rings is 1. The fourth-order valence-electron chi connectivity index (χ4n) is 3.61. The van der Waals surface area contributed by atoms with Gasteiger partial charge in [0.2, 0.25) is 0 Å². The third-order valence-electron chi connectivity index (χ3n) is 4.87. The van der Waals surface area contributed by atoms with Crippen molar-refractivity contribution in [3.8, 4) is 10.6 Å². The van der Waals surface area contributed by atoms with Gasteiger partial charge in [0.15, 0.2) is 5.69 Å². The molecule has 1 saturated heterocycles. The van der Waals surface area contributed by atoms with Crippen molar-refractivity contribution in [2.24, 2.45) is 7.05 Å². The van der Waals surface area contributed by atoms with Crippen LogP contribution in [0.3, 0.4) is 0 Å². The molecule has 26 heavy (non-hydrogen) atoms. The van der Waals surface area contributed by atoms with Crippen molar-refractivity contribution in [1.29, 1.82) is 0 Å². The summed E-state index contributed by atoms with van der Waals surface area (Å²) in [5.74, 6) is -0.351. The maximum atomic E-state index is 13.7. The van der Waals surface area contributed by atoms with Gasteiger partial charge in [-0.1, -0.05) is 18.2 Å². The monoisotopic (exact) mass is 369 g/mol. The first-order valence-electron chi connectivity index (χ1n) is 8.78. The summed E-state index contributed by atoms with van der Waals surface area (Å²) in [5, 5.41) is 6.45.